The van der Waals surface area contributed by atoms with E-state index in [0.29, 0.717) is 49.5 Å². The third-order valence-corrected chi connectivity index (χ3v) is 10.9. The van der Waals surface area contributed by atoms with Crippen molar-refractivity contribution in [2.75, 3.05) is 19.6 Å². The first kappa shape index (κ1) is 31.1. The van der Waals surface area contributed by atoms with E-state index in [1.807, 2.05) is 24.8 Å². The first-order valence-electron chi connectivity index (χ1n) is 16.5. The first-order chi connectivity index (χ1) is 21.8. The summed E-state index contributed by atoms with van der Waals surface area (Å²) in [5.41, 5.74) is 0.127. The molecular weight excluding hydrogens is 597 g/mol. The lowest BCUT2D eigenvalue weighted by Crippen LogP contribution is -2.79. The quantitative estimate of drug-likeness (QED) is 0.278. The number of hydrogen-bond donors (Lipinski definition) is 1. The van der Waals surface area contributed by atoms with E-state index >= 15 is 0 Å². The van der Waals surface area contributed by atoms with Crippen LogP contribution in [0.15, 0.2) is 42.5 Å². The molecule has 2 saturated carbocycles. The van der Waals surface area contributed by atoms with E-state index in [1.54, 1.807) is 12.1 Å². The maximum atomic E-state index is 14.0. The third kappa shape index (κ3) is 4.90. The van der Waals surface area contributed by atoms with Gasteiger partial charge in [-0.3, -0.25) is 14.5 Å². The number of likely N-dealkylation sites (tertiary alicyclic amines) is 1. The van der Waals surface area contributed by atoms with Crippen LogP contribution in [0.3, 0.4) is 0 Å². The van der Waals surface area contributed by atoms with Crippen molar-refractivity contribution >= 4 is 18.0 Å². The Morgan fingerprint density at radius 1 is 1.13 bits per heavy atom. The fourth-order valence-corrected chi connectivity index (χ4v) is 9.04. The molecular formula is C36H41F3N2O5. The van der Waals surface area contributed by atoms with Crippen LogP contribution in [0.2, 0.25) is 0 Å². The van der Waals surface area contributed by atoms with Crippen LogP contribution in [0.4, 0.5) is 13.2 Å². The molecule has 7 rings (SSSR count). The molecule has 2 unspecified atom stereocenters. The zero-order valence-electron chi connectivity index (χ0n) is 26.5. The fourth-order valence-electron chi connectivity index (χ4n) is 9.04. The molecule has 10 heteroatoms. The topological polar surface area (TPSA) is 79.3 Å². The minimum atomic E-state index is -4.44. The van der Waals surface area contributed by atoms with E-state index in [-0.39, 0.29) is 35.6 Å². The number of piperidine rings is 1. The summed E-state index contributed by atoms with van der Waals surface area (Å²) in [6.07, 6.45) is 2.82. The second-order valence-corrected chi connectivity index (χ2v) is 14.3. The van der Waals surface area contributed by atoms with E-state index in [9.17, 15) is 27.9 Å². The molecule has 1 amide bonds. The van der Waals surface area contributed by atoms with Crippen LogP contribution < -0.4 is 4.74 Å². The molecule has 246 valence electrons. The second kappa shape index (κ2) is 11.0. The number of rotatable bonds is 8. The number of benzene rings is 2. The zero-order valence-corrected chi connectivity index (χ0v) is 26.5. The van der Waals surface area contributed by atoms with Crippen molar-refractivity contribution in [2.45, 2.75) is 94.7 Å². The number of ether oxygens (including phenoxy) is 2. The van der Waals surface area contributed by atoms with E-state index in [0.717, 1.165) is 36.3 Å². The molecule has 3 aliphatic carbocycles. The lowest BCUT2D eigenvalue weighted by atomic mass is 9.48. The predicted octanol–water partition coefficient (Wildman–Crippen LogP) is 6.11. The highest BCUT2D eigenvalue weighted by molar-refractivity contribution is 5.92. The van der Waals surface area contributed by atoms with Crippen LogP contribution in [0.25, 0.3) is 6.08 Å². The van der Waals surface area contributed by atoms with Gasteiger partial charge in [0, 0.05) is 31.7 Å². The Labute approximate surface area is 267 Å². The minimum Gasteiger partial charge on any atom is -0.504 e. The first-order valence-corrected chi connectivity index (χ1v) is 16.5. The number of aromatic hydroxyl groups is 1. The van der Waals surface area contributed by atoms with Crippen molar-refractivity contribution < 1.29 is 37.3 Å². The number of halogens is 3. The average Bonchev–Trinajstić information content (AvgIpc) is 3.74. The number of alkyl halides is 3. The number of phenolic OH excluding ortho intramolecular Hbond substituents is 1. The van der Waals surface area contributed by atoms with Gasteiger partial charge < -0.3 is 19.5 Å². The Kier molecular flexibility index (Phi) is 7.45. The Bertz CT molecular complexity index is 1570. The second-order valence-electron chi connectivity index (χ2n) is 14.3. The Morgan fingerprint density at radius 2 is 1.87 bits per heavy atom. The Morgan fingerprint density at radius 3 is 2.52 bits per heavy atom. The van der Waals surface area contributed by atoms with Gasteiger partial charge in [0.1, 0.15) is 11.7 Å². The van der Waals surface area contributed by atoms with Gasteiger partial charge in [-0.1, -0.05) is 32.0 Å². The van der Waals surface area contributed by atoms with Crippen molar-refractivity contribution in [2.24, 2.45) is 11.8 Å². The summed E-state index contributed by atoms with van der Waals surface area (Å²) in [5, 5.41) is 11.1. The van der Waals surface area contributed by atoms with Crippen molar-refractivity contribution in [1.29, 1.82) is 0 Å². The van der Waals surface area contributed by atoms with Crippen LogP contribution in [0.1, 0.15) is 75.1 Å². The van der Waals surface area contributed by atoms with E-state index in [1.165, 1.54) is 38.0 Å². The van der Waals surface area contributed by atoms with Gasteiger partial charge >= 0.3 is 12.1 Å². The van der Waals surface area contributed by atoms with Gasteiger partial charge in [-0.25, -0.2) is 0 Å². The highest BCUT2D eigenvalue weighted by Gasteiger charge is 2.75. The molecule has 7 nitrogen and oxygen atoms in total. The molecule has 5 atom stereocenters. The maximum absolute atomic E-state index is 14.0. The molecule has 2 aromatic carbocycles. The van der Waals surface area contributed by atoms with Gasteiger partial charge in [0.25, 0.3) is 0 Å². The van der Waals surface area contributed by atoms with Gasteiger partial charge in [-0.05, 0) is 92.3 Å². The monoisotopic (exact) mass is 638 g/mol. The zero-order chi connectivity index (χ0) is 32.6. The summed E-state index contributed by atoms with van der Waals surface area (Å²) < 4.78 is 52.6. The van der Waals surface area contributed by atoms with Crippen molar-refractivity contribution in [3.8, 4) is 11.5 Å². The minimum absolute atomic E-state index is 0.0424. The molecule has 2 aliphatic heterocycles. The van der Waals surface area contributed by atoms with Crippen LogP contribution in [0, 0.1) is 11.8 Å². The molecule has 2 heterocycles. The number of amides is 1. The molecule has 46 heavy (non-hydrogen) atoms. The van der Waals surface area contributed by atoms with Gasteiger partial charge in [0.05, 0.1) is 23.1 Å². The number of carbonyl (C=O) groups is 2. The molecule has 0 aromatic heterocycles. The summed E-state index contributed by atoms with van der Waals surface area (Å²) in [5.74, 6) is 0.633. The van der Waals surface area contributed by atoms with Gasteiger partial charge in [0.15, 0.2) is 11.5 Å². The summed E-state index contributed by atoms with van der Waals surface area (Å²) in [4.78, 5) is 31.3. The number of nitrogens with zero attached hydrogens (tertiary/aromatic N) is 2. The summed E-state index contributed by atoms with van der Waals surface area (Å²) in [6.45, 7) is 7.73. The van der Waals surface area contributed by atoms with Crippen LogP contribution in [-0.4, -0.2) is 70.2 Å². The van der Waals surface area contributed by atoms with E-state index < -0.39 is 28.9 Å². The summed E-state index contributed by atoms with van der Waals surface area (Å²) in [7, 11) is 0. The van der Waals surface area contributed by atoms with Gasteiger partial charge in [-0.2, -0.15) is 13.2 Å². The predicted molar refractivity (Wildman–Crippen MR) is 165 cm³/mol. The smallest absolute Gasteiger partial charge is 0.416 e. The average molecular weight is 639 g/mol. The van der Waals surface area contributed by atoms with Gasteiger partial charge in [0.2, 0.25) is 5.91 Å². The Hall–Kier alpha value is -3.53. The normalized spacial score (nSPS) is 29.8. The molecule has 2 bridgehead atoms. The van der Waals surface area contributed by atoms with Crippen LogP contribution in [-0.2, 0) is 32.3 Å². The number of phenols is 1. The van der Waals surface area contributed by atoms with Crippen LogP contribution >= 0.6 is 0 Å². The number of hydrogen-bond acceptors (Lipinski definition) is 6. The van der Waals surface area contributed by atoms with E-state index in [4.69, 9.17) is 9.47 Å². The molecule has 1 saturated heterocycles. The lowest BCUT2D eigenvalue weighted by molar-refractivity contribution is -0.224. The highest BCUT2D eigenvalue weighted by atomic mass is 19.4. The Balaban J connectivity index is 1.28. The molecule has 1 spiro atoms. The molecule has 0 radical (unpaired) electrons. The van der Waals surface area contributed by atoms with Gasteiger partial charge in [-0.15, -0.1) is 0 Å². The standard InChI is InChI=1S/C36H41F3N2O5/c1-21(2)19-41(30(44)13-8-23-6-10-26(11-7-23)36(37,38)39)27-14-15-35(46-22(3)42)29-18-25-9-12-28(43)32-31(25)34(35,33(27)45-32)16-17-40(29)20-24-4-5-24/h6-13,21,24,27,29,33,43H,4-5,14-20H2,1-3H3/b13-8+/t27?,29-,33?,34+,35-/m1/s1. The largest absolute Gasteiger partial charge is 0.504 e. The number of carbonyl (C=O) groups excluding carboxylic acids is 2. The van der Waals surface area contributed by atoms with Crippen LogP contribution in [0.5, 0.6) is 11.5 Å². The molecule has 1 N–H and O–H groups in total. The lowest BCUT2D eigenvalue weighted by Gasteiger charge is -2.65. The maximum Gasteiger partial charge on any atom is 0.416 e. The van der Waals surface area contributed by atoms with Crippen molar-refractivity contribution in [1.82, 2.24) is 9.80 Å². The number of esters is 1. The molecule has 3 fully saturated rings. The summed E-state index contributed by atoms with van der Waals surface area (Å²) >= 11 is 0. The highest BCUT2D eigenvalue weighted by Crippen LogP contribution is 2.67. The van der Waals surface area contributed by atoms with Crippen molar-refractivity contribution in [3.63, 3.8) is 0 Å². The summed E-state index contributed by atoms with van der Waals surface area (Å²) in [6, 6.07) is 7.94. The SMILES string of the molecule is CC(=O)O[C@@]12CCC(N(CC(C)C)C(=O)/C=C/c3ccc(C(F)(F)F)cc3)C3Oc4c(O)ccc5c4[C@@]31CCN(CC1CC1)[C@@H]2C5. The third-order valence-electron chi connectivity index (χ3n) is 10.9. The molecule has 5 aliphatic rings. The van der Waals surface area contributed by atoms with Crippen molar-refractivity contribution in [3.05, 3.63) is 64.7 Å². The fraction of sp³-hybridized carbons (Fsp3) is 0.556. The van der Waals surface area contributed by atoms with E-state index in [2.05, 4.69) is 4.90 Å². The molecule has 2 aromatic rings.